The summed E-state index contributed by atoms with van der Waals surface area (Å²) in [6, 6.07) is 8.84. The van der Waals surface area contributed by atoms with Crippen molar-refractivity contribution >= 4 is 46.4 Å². The van der Waals surface area contributed by atoms with Crippen LogP contribution in [0.25, 0.3) is 0 Å². The number of carbonyl (C=O) groups is 1. The molecule has 2 aromatic carbocycles. The molecule has 22 heavy (non-hydrogen) atoms. The topological polar surface area (TPSA) is 38.3 Å². The molecule has 0 aromatic heterocycles. The normalized spacial score (nSPS) is 10.4. The number of ether oxygens (including phenoxy) is 1. The first-order chi connectivity index (χ1) is 10.4. The molecule has 116 valence electrons. The van der Waals surface area contributed by atoms with Gasteiger partial charge in [0.15, 0.2) is 12.4 Å². The van der Waals surface area contributed by atoms with Crippen molar-refractivity contribution in [3.63, 3.8) is 0 Å². The molecule has 3 nitrogen and oxygen atoms in total. The molecule has 0 fully saturated rings. The summed E-state index contributed by atoms with van der Waals surface area (Å²) in [5.74, 6) is -0.0559. The average Bonchev–Trinajstić information content (AvgIpc) is 2.41. The van der Waals surface area contributed by atoms with Gasteiger partial charge in [-0.1, -0.05) is 46.9 Å². The van der Waals surface area contributed by atoms with Crippen molar-refractivity contribution < 1.29 is 9.53 Å². The van der Waals surface area contributed by atoms with Crippen molar-refractivity contribution in [1.82, 2.24) is 0 Å². The number of hydrogen-bond donors (Lipinski definition) is 1. The van der Waals surface area contributed by atoms with Crippen LogP contribution in [0.5, 0.6) is 5.75 Å². The number of halogens is 3. The lowest BCUT2D eigenvalue weighted by Gasteiger charge is -2.12. The van der Waals surface area contributed by atoms with Gasteiger partial charge in [0.2, 0.25) is 0 Å². The van der Waals surface area contributed by atoms with E-state index in [2.05, 4.69) is 5.32 Å². The van der Waals surface area contributed by atoms with E-state index in [0.717, 1.165) is 16.8 Å². The third kappa shape index (κ3) is 4.29. The van der Waals surface area contributed by atoms with Gasteiger partial charge < -0.3 is 10.1 Å². The quantitative estimate of drug-likeness (QED) is 0.807. The van der Waals surface area contributed by atoms with Crippen LogP contribution in [0.1, 0.15) is 11.1 Å². The molecule has 0 aliphatic heterocycles. The van der Waals surface area contributed by atoms with Gasteiger partial charge in [-0.05, 0) is 43.2 Å². The van der Waals surface area contributed by atoms with Gasteiger partial charge in [0, 0.05) is 10.7 Å². The van der Waals surface area contributed by atoms with Crippen LogP contribution in [0.15, 0.2) is 30.3 Å². The van der Waals surface area contributed by atoms with Crippen LogP contribution in [0.3, 0.4) is 0 Å². The summed E-state index contributed by atoms with van der Waals surface area (Å²) >= 11 is 17.8. The summed E-state index contributed by atoms with van der Waals surface area (Å²) in [6.45, 7) is 3.68. The molecule has 0 aliphatic rings. The summed E-state index contributed by atoms with van der Waals surface area (Å²) in [7, 11) is 0. The van der Waals surface area contributed by atoms with E-state index < -0.39 is 0 Å². The molecule has 0 heterocycles. The molecule has 2 rings (SSSR count). The SMILES string of the molecule is Cc1ccc(C)c(NC(=O)COc2c(Cl)cc(Cl)cc2Cl)c1. The van der Waals surface area contributed by atoms with E-state index in [4.69, 9.17) is 39.5 Å². The maximum atomic E-state index is 12.0. The van der Waals surface area contributed by atoms with Gasteiger partial charge in [-0.25, -0.2) is 0 Å². The molecule has 1 amide bonds. The molecule has 0 spiro atoms. The van der Waals surface area contributed by atoms with E-state index in [9.17, 15) is 4.79 Å². The van der Waals surface area contributed by atoms with Gasteiger partial charge in [-0.2, -0.15) is 0 Å². The largest absolute Gasteiger partial charge is 0.481 e. The van der Waals surface area contributed by atoms with E-state index in [-0.39, 0.29) is 28.3 Å². The summed E-state index contributed by atoms with van der Waals surface area (Å²) in [6.07, 6.45) is 0. The maximum Gasteiger partial charge on any atom is 0.262 e. The molecule has 0 saturated heterocycles. The highest BCUT2D eigenvalue weighted by atomic mass is 35.5. The minimum Gasteiger partial charge on any atom is -0.481 e. The highest BCUT2D eigenvalue weighted by Crippen LogP contribution is 2.35. The van der Waals surface area contributed by atoms with Crippen molar-refractivity contribution in [3.8, 4) is 5.75 Å². The maximum absolute atomic E-state index is 12.0. The van der Waals surface area contributed by atoms with E-state index in [1.54, 1.807) is 0 Å². The van der Waals surface area contributed by atoms with E-state index in [1.807, 2.05) is 32.0 Å². The molecule has 0 atom stereocenters. The standard InChI is InChI=1S/C16H14Cl3NO2/c1-9-3-4-10(2)14(5-9)20-15(21)8-22-16-12(18)6-11(17)7-13(16)19/h3-7H,8H2,1-2H3,(H,20,21). The Balaban J connectivity index is 2.03. The van der Waals surface area contributed by atoms with Crippen LogP contribution in [0, 0.1) is 13.8 Å². The molecule has 6 heteroatoms. The Bertz CT molecular complexity index is 694. The van der Waals surface area contributed by atoms with Crippen LogP contribution in [0.2, 0.25) is 15.1 Å². The highest BCUT2D eigenvalue weighted by Gasteiger charge is 2.12. The predicted molar refractivity (Wildman–Crippen MR) is 91.5 cm³/mol. The first kappa shape index (κ1) is 16.9. The summed E-state index contributed by atoms with van der Waals surface area (Å²) in [5, 5.41) is 3.72. The lowest BCUT2D eigenvalue weighted by atomic mass is 10.1. The molecule has 0 radical (unpaired) electrons. The first-order valence-electron chi connectivity index (χ1n) is 6.51. The van der Waals surface area contributed by atoms with Gasteiger partial charge in [0.25, 0.3) is 5.91 Å². The number of amides is 1. The molecule has 1 N–H and O–H groups in total. The van der Waals surface area contributed by atoms with Crippen molar-refractivity contribution in [2.24, 2.45) is 0 Å². The predicted octanol–water partition coefficient (Wildman–Crippen LogP) is 5.28. The van der Waals surface area contributed by atoms with Crippen LogP contribution < -0.4 is 10.1 Å². The van der Waals surface area contributed by atoms with E-state index >= 15 is 0 Å². The fourth-order valence-electron chi connectivity index (χ4n) is 1.86. The number of hydrogen-bond acceptors (Lipinski definition) is 2. The van der Waals surface area contributed by atoms with Crippen LogP contribution in [-0.4, -0.2) is 12.5 Å². The number of benzene rings is 2. The fourth-order valence-corrected chi connectivity index (χ4v) is 2.79. The zero-order valence-electron chi connectivity index (χ0n) is 12.0. The first-order valence-corrected chi connectivity index (χ1v) is 7.64. The Morgan fingerprint density at radius 2 is 1.73 bits per heavy atom. The monoisotopic (exact) mass is 357 g/mol. The molecule has 0 aliphatic carbocycles. The van der Waals surface area contributed by atoms with Gasteiger partial charge >= 0.3 is 0 Å². The zero-order chi connectivity index (χ0) is 16.3. The Morgan fingerprint density at radius 3 is 2.36 bits per heavy atom. The van der Waals surface area contributed by atoms with Gasteiger partial charge in [-0.15, -0.1) is 0 Å². The second kappa shape index (κ2) is 7.23. The fraction of sp³-hybridized carbons (Fsp3) is 0.188. The number of carbonyl (C=O) groups excluding carboxylic acids is 1. The number of aryl methyl sites for hydroxylation is 2. The molecule has 0 unspecified atom stereocenters. The van der Waals surface area contributed by atoms with Gasteiger partial charge in [0.05, 0.1) is 10.0 Å². The van der Waals surface area contributed by atoms with Crippen molar-refractivity contribution in [1.29, 1.82) is 0 Å². The lowest BCUT2D eigenvalue weighted by Crippen LogP contribution is -2.21. The molecular formula is C16H14Cl3NO2. The van der Waals surface area contributed by atoms with Crippen LogP contribution in [0.4, 0.5) is 5.69 Å². The van der Waals surface area contributed by atoms with Crippen LogP contribution in [-0.2, 0) is 4.79 Å². The molecule has 0 bridgehead atoms. The second-order valence-electron chi connectivity index (χ2n) is 4.85. The summed E-state index contributed by atoms with van der Waals surface area (Å²) in [5.41, 5.74) is 2.79. The highest BCUT2D eigenvalue weighted by molar-refractivity contribution is 6.40. The number of anilines is 1. The number of rotatable bonds is 4. The molecule has 0 saturated carbocycles. The van der Waals surface area contributed by atoms with Gasteiger partial charge in [-0.3, -0.25) is 4.79 Å². The minimum absolute atomic E-state index is 0.200. The van der Waals surface area contributed by atoms with Crippen molar-refractivity contribution in [3.05, 3.63) is 56.5 Å². The second-order valence-corrected chi connectivity index (χ2v) is 6.10. The van der Waals surface area contributed by atoms with Crippen molar-refractivity contribution in [2.75, 3.05) is 11.9 Å². The number of nitrogens with one attached hydrogen (secondary N) is 1. The summed E-state index contributed by atoms with van der Waals surface area (Å²) < 4.78 is 5.39. The Hall–Kier alpha value is -1.42. The zero-order valence-corrected chi connectivity index (χ0v) is 14.3. The summed E-state index contributed by atoms with van der Waals surface area (Å²) in [4.78, 5) is 12.0. The van der Waals surface area contributed by atoms with Gasteiger partial charge in [0.1, 0.15) is 0 Å². The Kier molecular flexibility index (Phi) is 5.57. The molecule has 2 aromatic rings. The smallest absolute Gasteiger partial charge is 0.262 e. The third-order valence-electron chi connectivity index (χ3n) is 2.98. The van der Waals surface area contributed by atoms with Crippen molar-refractivity contribution in [2.45, 2.75) is 13.8 Å². The Labute approximate surface area is 144 Å². The van der Waals surface area contributed by atoms with E-state index in [0.29, 0.717) is 5.02 Å². The van der Waals surface area contributed by atoms with Crippen LogP contribution >= 0.6 is 34.8 Å². The molecular weight excluding hydrogens is 345 g/mol. The minimum atomic E-state index is -0.296. The van der Waals surface area contributed by atoms with E-state index in [1.165, 1.54) is 12.1 Å². The third-order valence-corrected chi connectivity index (χ3v) is 3.76. The average molecular weight is 359 g/mol. The lowest BCUT2D eigenvalue weighted by molar-refractivity contribution is -0.118. The Morgan fingerprint density at radius 1 is 1.09 bits per heavy atom.